The van der Waals surface area contributed by atoms with Gasteiger partial charge >= 0.3 is 6.18 Å². The Balaban J connectivity index is 2.85. The van der Waals surface area contributed by atoms with E-state index in [1.807, 2.05) is 27.7 Å². The van der Waals surface area contributed by atoms with Gasteiger partial charge in [0.2, 0.25) is 0 Å². The maximum absolute atomic E-state index is 12.0. The smallest absolute Gasteiger partial charge is 0.370 e. The number of hydrogen-bond donors (Lipinski definition) is 1. The number of ether oxygens (including phenoxy) is 1. The summed E-state index contributed by atoms with van der Waals surface area (Å²) in [4.78, 5) is 0. The van der Waals surface area contributed by atoms with Crippen molar-refractivity contribution in [2.75, 3.05) is 13.2 Å². The summed E-state index contributed by atoms with van der Waals surface area (Å²) in [6.07, 6.45) is -4.31. The van der Waals surface area contributed by atoms with Crippen molar-refractivity contribution in [3.63, 3.8) is 0 Å². The number of hydrogen-bond acceptors (Lipinski definition) is 2. The number of halogens is 3. The van der Waals surface area contributed by atoms with Crippen molar-refractivity contribution in [2.45, 2.75) is 39.9 Å². The van der Waals surface area contributed by atoms with E-state index >= 15 is 0 Å². The maximum atomic E-state index is 12.0. The van der Waals surface area contributed by atoms with Crippen molar-refractivity contribution in [1.29, 1.82) is 0 Å². The summed E-state index contributed by atoms with van der Waals surface area (Å²) in [6.45, 7) is 6.40. The molecule has 108 valence electrons. The molecular formula is C14H20F3NO. The van der Waals surface area contributed by atoms with Crippen molar-refractivity contribution >= 4 is 0 Å². The molecule has 0 heterocycles. The molecule has 0 aliphatic heterocycles. The van der Waals surface area contributed by atoms with Crippen LogP contribution in [0.4, 0.5) is 13.2 Å². The lowest BCUT2D eigenvalue weighted by molar-refractivity contribution is -0.174. The molecule has 0 aliphatic carbocycles. The predicted octanol–water partition coefficient (Wildman–Crippen LogP) is 3.50. The van der Waals surface area contributed by atoms with Gasteiger partial charge in [0.05, 0.1) is 12.6 Å². The second-order valence-electron chi connectivity index (χ2n) is 4.91. The molecule has 1 atom stereocenters. The highest BCUT2D eigenvalue weighted by Crippen LogP contribution is 2.26. The van der Waals surface area contributed by atoms with Gasteiger partial charge in [-0.2, -0.15) is 13.2 Å². The topological polar surface area (TPSA) is 35.2 Å². The molecule has 0 radical (unpaired) electrons. The van der Waals surface area contributed by atoms with E-state index < -0.39 is 18.8 Å². The van der Waals surface area contributed by atoms with Crippen molar-refractivity contribution in [1.82, 2.24) is 0 Å². The molecule has 0 aliphatic rings. The van der Waals surface area contributed by atoms with Crippen molar-refractivity contribution in [3.05, 3.63) is 33.9 Å². The molecule has 0 fully saturated rings. The lowest BCUT2D eigenvalue weighted by atomic mass is 9.90. The van der Waals surface area contributed by atoms with Crippen LogP contribution in [0.5, 0.6) is 0 Å². The van der Waals surface area contributed by atoms with E-state index in [0.717, 1.165) is 27.8 Å². The van der Waals surface area contributed by atoms with Crippen LogP contribution in [0.1, 0.15) is 33.9 Å². The van der Waals surface area contributed by atoms with E-state index in [9.17, 15) is 13.2 Å². The van der Waals surface area contributed by atoms with Crippen LogP contribution in [0.2, 0.25) is 0 Å². The van der Waals surface area contributed by atoms with Gasteiger partial charge in [0.15, 0.2) is 0 Å². The van der Waals surface area contributed by atoms with Crippen LogP contribution in [0.25, 0.3) is 0 Å². The zero-order valence-electron chi connectivity index (χ0n) is 11.7. The van der Waals surface area contributed by atoms with Gasteiger partial charge in [0, 0.05) is 0 Å². The molecule has 0 saturated carbocycles. The Bertz CT molecular complexity index is 429. The van der Waals surface area contributed by atoms with E-state index in [4.69, 9.17) is 5.73 Å². The van der Waals surface area contributed by atoms with Crippen molar-refractivity contribution in [2.24, 2.45) is 5.73 Å². The molecule has 1 rings (SSSR count). The third-order valence-electron chi connectivity index (χ3n) is 3.36. The van der Waals surface area contributed by atoms with Gasteiger partial charge in [-0.1, -0.05) is 6.07 Å². The van der Waals surface area contributed by atoms with Gasteiger partial charge in [-0.25, -0.2) is 0 Å². The van der Waals surface area contributed by atoms with Crippen LogP contribution in [-0.4, -0.2) is 19.4 Å². The average Bonchev–Trinajstić information content (AvgIpc) is 2.25. The zero-order valence-corrected chi connectivity index (χ0v) is 11.7. The summed E-state index contributed by atoms with van der Waals surface area (Å²) < 4.78 is 40.7. The van der Waals surface area contributed by atoms with Crippen molar-refractivity contribution in [3.8, 4) is 0 Å². The minimum atomic E-state index is -4.31. The summed E-state index contributed by atoms with van der Waals surface area (Å²) in [7, 11) is 0. The van der Waals surface area contributed by atoms with Crippen molar-refractivity contribution < 1.29 is 17.9 Å². The summed E-state index contributed by atoms with van der Waals surface area (Å²) in [6, 6.07) is 1.51. The van der Waals surface area contributed by atoms with Crippen LogP contribution in [0, 0.1) is 27.7 Å². The molecule has 19 heavy (non-hydrogen) atoms. The van der Waals surface area contributed by atoms with E-state index in [1.54, 1.807) is 0 Å². The number of alkyl halides is 3. The first-order valence-corrected chi connectivity index (χ1v) is 6.11. The van der Waals surface area contributed by atoms with Crippen LogP contribution in [0.15, 0.2) is 6.07 Å². The Labute approximate surface area is 111 Å². The second-order valence-corrected chi connectivity index (χ2v) is 4.91. The molecule has 1 aromatic carbocycles. The number of aryl methyl sites for hydroxylation is 2. The third kappa shape index (κ3) is 4.21. The Hall–Kier alpha value is -1.07. The van der Waals surface area contributed by atoms with Crippen LogP contribution in [0.3, 0.4) is 0 Å². The molecule has 1 aromatic rings. The summed E-state index contributed by atoms with van der Waals surface area (Å²) in [5.74, 6) is 0. The molecule has 0 spiro atoms. The zero-order chi connectivity index (χ0) is 14.8. The Morgan fingerprint density at radius 1 is 1.11 bits per heavy atom. The highest BCUT2D eigenvalue weighted by molar-refractivity contribution is 5.45. The van der Waals surface area contributed by atoms with E-state index in [2.05, 4.69) is 10.8 Å². The molecule has 0 amide bonds. The minimum Gasteiger partial charge on any atom is -0.370 e. The third-order valence-corrected chi connectivity index (χ3v) is 3.36. The SMILES string of the molecule is Cc1cc(C)c(C)c(C(N)COCC(F)(F)F)c1C. The van der Waals surface area contributed by atoms with Crippen LogP contribution < -0.4 is 5.73 Å². The quantitative estimate of drug-likeness (QED) is 0.912. The van der Waals surface area contributed by atoms with Gasteiger partial charge in [-0.15, -0.1) is 0 Å². The fraction of sp³-hybridized carbons (Fsp3) is 0.571. The molecule has 0 bridgehead atoms. The highest BCUT2D eigenvalue weighted by atomic mass is 19.4. The van der Waals surface area contributed by atoms with Crippen LogP contribution >= 0.6 is 0 Å². The maximum Gasteiger partial charge on any atom is 0.411 e. The highest BCUT2D eigenvalue weighted by Gasteiger charge is 2.28. The summed E-state index contributed by atoms with van der Waals surface area (Å²) in [5.41, 5.74) is 11.1. The lowest BCUT2D eigenvalue weighted by Crippen LogP contribution is -2.24. The standard InChI is InChI=1S/C14H20F3NO/c1-8-5-9(2)11(4)13(10(8)3)12(18)6-19-7-14(15,16)17/h5,12H,6-7,18H2,1-4H3. The molecule has 0 saturated heterocycles. The average molecular weight is 275 g/mol. The number of rotatable bonds is 4. The lowest BCUT2D eigenvalue weighted by Gasteiger charge is -2.21. The van der Waals surface area contributed by atoms with Gasteiger partial charge in [0.25, 0.3) is 0 Å². The van der Waals surface area contributed by atoms with Gasteiger partial charge in [-0.05, 0) is 55.5 Å². The fourth-order valence-electron chi connectivity index (χ4n) is 2.19. The van der Waals surface area contributed by atoms with Gasteiger partial charge in [0.1, 0.15) is 6.61 Å². The van der Waals surface area contributed by atoms with E-state index in [1.165, 1.54) is 0 Å². The molecule has 5 heteroatoms. The normalized spacial score (nSPS) is 13.7. The predicted molar refractivity (Wildman–Crippen MR) is 69.2 cm³/mol. The fourth-order valence-corrected chi connectivity index (χ4v) is 2.19. The first-order valence-electron chi connectivity index (χ1n) is 6.11. The molecule has 1 unspecified atom stereocenters. The van der Waals surface area contributed by atoms with Crippen LogP contribution in [-0.2, 0) is 4.74 Å². The first-order chi connectivity index (χ1) is 8.63. The van der Waals surface area contributed by atoms with Gasteiger partial charge < -0.3 is 10.5 Å². The Morgan fingerprint density at radius 3 is 2.00 bits per heavy atom. The molecule has 2 N–H and O–H groups in total. The second kappa shape index (κ2) is 5.92. The Morgan fingerprint density at radius 2 is 1.58 bits per heavy atom. The molecule has 0 aromatic heterocycles. The van der Waals surface area contributed by atoms with Gasteiger partial charge in [-0.3, -0.25) is 0 Å². The number of benzene rings is 1. The summed E-state index contributed by atoms with van der Waals surface area (Å²) >= 11 is 0. The first kappa shape index (κ1) is 16.0. The molecular weight excluding hydrogens is 255 g/mol. The largest absolute Gasteiger partial charge is 0.411 e. The summed E-state index contributed by atoms with van der Waals surface area (Å²) in [5, 5.41) is 0. The van der Waals surface area contributed by atoms with E-state index in [-0.39, 0.29) is 6.61 Å². The number of nitrogens with two attached hydrogens (primary N) is 1. The molecule has 2 nitrogen and oxygen atoms in total. The monoisotopic (exact) mass is 275 g/mol. The Kier molecular flexibility index (Phi) is 4.98. The minimum absolute atomic E-state index is 0.135. The van der Waals surface area contributed by atoms with E-state index in [0.29, 0.717) is 0 Å².